The van der Waals surface area contributed by atoms with Crippen molar-refractivity contribution in [3.8, 4) is 0 Å². The van der Waals surface area contributed by atoms with Crippen molar-refractivity contribution in [3.63, 3.8) is 0 Å². The molecule has 26 heavy (non-hydrogen) atoms. The van der Waals surface area contributed by atoms with Gasteiger partial charge >= 0.3 is 0 Å². The van der Waals surface area contributed by atoms with Crippen molar-refractivity contribution in [2.75, 3.05) is 6.54 Å². The van der Waals surface area contributed by atoms with Crippen LogP contribution < -0.4 is 10.5 Å². The predicted molar refractivity (Wildman–Crippen MR) is 111 cm³/mol. The van der Waals surface area contributed by atoms with Crippen LogP contribution in [0.3, 0.4) is 0 Å². The molecule has 0 aliphatic carbocycles. The zero-order valence-corrected chi connectivity index (χ0v) is 18.4. The Morgan fingerprint density at radius 3 is 1.88 bits per heavy atom. The van der Waals surface area contributed by atoms with Crippen LogP contribution in [0.1, 0.15) is 66.9 Å². The quantitative estimate of drug-likeness (QED) is 0.669. The number of benzene rings is 1. The van der Waals surface area contributed by atoms with Gasteiger partial charge in [-0.15, -0.1) is 0 Å². The molecule has 0 saturated carbocycles. The Kier molecular flexibility index (Phi) is 8.31. The summed E-state index contributed by atoms with van der Waals surface area (Å²) < 4.78 is 28.6. The highest BCUT2D eigenvalue weighted by Crippen LogP contribution is 2.24. The van der Waals surface area contributed by atoms with Crippen molar-refractivity contribution < 1.29 is 8.42 Å². The van der Waals surface area contributed by atoms with Crippen LogP contribution in [0, 0.1) is 17.8 Å². The van der Waals surface area contributed by atoms with Crippen molar-refractivity contribution in [3.05, 3.63) is 29.8 Å². The monoisotopic (exact) mass is 382 g/mol. The maximum atomic E-state index is 12.8. The molecule has 0 amide bonds. The van der Waals surface area contributed by atoms with Crippen LogP contribution in [0.25, 0.3) is 0 Å². The Morgan fingerprint density at radius 2 is 1.50 bits per heavy atom. The first-order chi connectivity index (χ1) is 11.9. The summed E-state index contributed by atoms with van der Waals surface area (Å²) in [6.45, 7) is 15.4. The summed E-state index contributed by atoms with van der Waals surface area (Å²) in [7, 11) is -3.52. The second kappa shape index (κ2) is 9.34. The molecular formula is C21H38N2O2S. The predicted octanol–water partition coefficient (Wildman–Crippen LogP) is 4.30. The van der Waals surface area contributed by atoms with E-state index in [0.29, 0.717) is 23.3 Å². The summed E-state index contributed by atoms with van der Waals surface area (Å²) in [6, 6.07) is 7.13. The van der Waals surface area contributed by atoms with Crippen molar-refractivity contribution in [2.24, 2.45) is 23.5 Å². The van der Waals surface area contributed by atoms with E-state index in [1.165, 1.54) is 0 Å². The average molecular weight is 383 g/mol. The van der Waals surface area contributed by atoms with Gasteiger partial charge < -0.3 is 5.73 Å². The highest BCUT2D eigenvalue weighted by atomic mass is 32.2. The Balaban J connectivity index is 2.89. The zero-order valence-electron chi connectivity index (χ0n) is 17.5. The van der Waals surface area contributed by atoms with Gasteiger partial charge in [-0.05, 0) is 60.3 Å². The Labute approximate surface area is 161 Å². The Morgan fingerprint density at radius 1 is 0.962 bits per heavy atom. The zero-order chi connectivity index (χ0) is 20.1. The molecule has 1 rings (SSSR count). The number of sulfonamides is 1. The maximum Gasteiger partial charge on any atom is 0.240 e. The molecule has 3 N–H and O–H groups in total. The van der Waals surface area contributed by atoms with Crippen LogP contribution in [0.15, 0.2) is 29.2 Å². The van der Waals surface area contributed by atoms with Gasteiger partial charge in [-0.25, -0.2) is 13.1 Å². The van der Waals surface area contributed by atoms with Crippen molar-refractivity contribution in [1.82, 2.24) is 4.72 Å². The first-order valence-electron chi connectivity index (χ1n) is 9.71. The van der Waals surface area contributed by atoms with E-state index in [1.54, 1.807) is 12.1 Å². The van der Waals surface area contributed by atoms with E-state index in [2.05, 4.69) is 53.2 Å². The molecule has 0 heterocycles. The fraction of sp³-hybridized carbons (Fsp3) is 0.714. The third-order valence-electron chi connectivity index (χ3n) is 5.24. The first kappa shape index (κ1) is 23.1. The van der Waals surface area contributed by atoms with Gasteiger partial charge in [0.15, 0.2) is 0 Å². The van der Waals surface area contributed by atoms with Crippen LogP contribution in [0.2, 0.25) is 0 Å². The second-order valence-corrected chi connectivity index (χ2v) is 10.8. The molecule has 0 saturated heterocycles. The Bertz CT molecular complexity index is 644. The molecule has 1 aromatic rings. The van der Waals surface area contributed by atoms with E-state index in [4.69, 9.17) is 5.73 Å². The molecule has 0 radical (unpaired) electrons. The molecule has 150 valence electrons. The summed E-state index contributed by atoms with van der Waals surface area (Å²) in [5.41, 5.74) is 6.99. The summed E-state index contributed by atoms with van der Waals surface area (Å²) >= 11 is 0. The lowest BCUT2D eigenvalue weighted by atomic mass is 9.87. The van der Waals surface area contributed by atoms with Gasteiger partial charge in [0.1, 0.15) is 0 Å². The largest absolute Gasteiger partial charge is 0.330 e. The lowest BCUT2D eigenvalue weighted by molar-refractivity contribution is 0.319. The van der Waals surface area contributed by atoms with Gasteiger partial charge in [0, 0.05) is 6.04 Å². The fourth-order valence-electron chi connectivity index (χ4n) is 3.05. The smallest absolute Gasteiger partial charge is 0.240 e. The van der Waals surface area contributed by atoms with Crippen molar-refractivity contribution in [1.29, 1.82) is 0 Å². The minimum Gasteiger partial charge on any atom is -0.330 e. The van der Waals surface area contributed by atoms with Crippen molar-refractivity contribution in [2.45, 2.75) is 77.7 Å². The second-order valence-electron chi connectivity index (χ2n) is 9.06. The van der Waals surface area contributed by atoms with E-state index in [1.807, 2.05) is 12.1 Å². The Hall–Kier alpha value is -0.910. The van der Waals surface area contributed by atoms with Gasteiger partial charge in [-0.3, -0.25) is 0 Å². The van der Waals surface area contributed by atoms with E-state index in [9.17, 15) is 8.42 Å². The number of nitrogens with one attached hydrogen (secondary N) is 1. The van der Waals surface area contributed by atoms with E-state index in [-0.39, 0.29) is 17.4 Å². The van der Waals surface area contributed by atoms with Crippen LogP contribution in [0.5, 0.6) is 0 Å². The molecule has 5 heteroatoms. The summed E-state index contributed by atoms with van der Waals surface area (Å²) in [6.07, 6.45) is 1.74. The SMILES string of the molecule is CC(C)C(CN)CCC(NS(=O)(=O)c1ccc(C(C)(C)C)cc1)C(C)C. The minimum atomic E-state index is -3.52. The van der Waals surface area contributed by atoms with Crippen molar-refractivity contribution >= 4 is 10.0 Å². The van der Waals surface area contributed by atoms with Gasteiger partial charge in [-0.2, -0.15) is 0 Å². The highest BCUT2D eigenvalue weighted by molar-refractivity contribution is 7.89. The molecule has 2 atom stereocenters. The minimum absolute atomic E-state index is 0.00424. The number of nitrogens with two attached hydrogens (primary N) is 1. The van der Waals surface area contributed by atoms with Gasteiger partial charge in [-0.1, -0.05) is 60.6 Å². The molecular weight excluding hydrogens is 344 g/mol. The molecule has 0 aliphatic rings. The third-order valence-corrected chi connectivity index (χ3v) is 6.74. The molecule has 2 unspecified atom stereocenters. The lowest BCUT2D eigenvalue weighted by Gasteiger charge is -2.26. The van der Waals surface area contributed by atoms with Gasteiger partial charge in [0.2, 0.25) is 10.0 Å². The van der Waals surface area contributed by atoms with Gasteiger partial charge in [0.25, 0.3) is 0 Å². The maximum absolute atomic E-state index is 12.8. The van der Waals surface area contributed by atoms with Crippen LogP contribution in [0.4, 0.5) is 0 Å². The van der Waals surface area contributed by atoms with Gasteiger partial charge in [0.05, 0.1) is 4.90 Å². The summed E-state index contributed by atoms with van der Waals surface area (Å²) in [4.78, 5) is 0.329. The molecule has 4 nitrogen and oxygen atoms in total. The fourth-order valence-corrected chi connectivity index (χ4v) is 4.47. The van der Waals surface area contributed by atoms with Crippen LogP contribution >= 0.6 is 0 Å². The number of rotatable bonds is 9. The molecule has 0 fully saturated rings. The van der Waals surface area contributed by atoms with Crippen LogP contribution in [-0.4, -0.2) is 21.0 Å². The summed E-state index contributed by atoms with van der Waals surface area (Å²) in [5, 5.41) is 0. The molecule has 1 aromatic carbocycles. The summed E-state index contributed by atoms with van der Waals surface area (Å²) in [5.74, 6) is 1.16. The van der Waals surface area contributed by atoms with E-state index >= 15 is 0 Å². The third kappa shape index (κ3) is 6.67. The topological polar surface area (TPSA) is 72.2 Å². The van der Waals surface area contributed by atoms with E-state index < -0.39 is 10.0 Å². The molecule has 0 spiro atoms. The lowest BCUT2D eigenvalue weighted by Crippen LogP contribution is -2.39. The highest BCUT2D eigenvalue weighted by Gasteiger charge is 2.24. The molecule has 0 bridgehead atoms. The molecule has 0 aliphatic heterocycles. The number of hydrogen-bond acceptors (Lipinski definition) is 3. The first-order valence-corrected chi connectivity index (χ1v) is 11.2. The van der Waals surface area contributed by atoms with E-state index in [0.717, 1.165) is 18.4 Å². The van der Waals surface area contributed by atoms with Crippen LogP contribution in [-0.2, 0) is 15.4 Å². The number of hydrogen-bond donors (Lipinski definition) is 2. The standard InChI is InChI=1S/C21H38N2O2S/c1-15(2)17(14-22)8-13-20(16(3)4)23-26(24,25)19-11-9-18(10-12-19)21(5,6)7/h9-12,15-17,20,23H,8,13-14,22H2,1-7H3. The normalized spacial score (nSPS) is 15.5. The molecule has 0 aromatic heterocycles. The average Bonchev–Trinajstić information content (AvgIpc) is 2.53.